The number of nitrogens with zero attached hydrogens (tertiary/aromatic N) is 1. The average Bonchev–Trinajstić information content (AvgIpc) is 2.95. The molecule has 1 amide bonds. The highest BCUT2D eigenvalue weighted by molar-refractivity contribution is 7.91. The first kappa shape index (κ1) is 19.2. The Bertz CT molecular complexity index is 713. The highest BCUT2D eigenvalue weighted by Crippen LogP contribution is 2.20. The Labute approximate surface area is 147 Å². The van der Waals surface area contributed by atoms with Crippen LogP contribution in [0.25, 0.3) is 0 Å². The summed E-state index contributed by atoms with van der Waals surface area (Å²) in [5.74, 6) is 0.0879. The number of hydrogen-bond donors (Lipinski definition) is 0. The lowest BCUT2D eigenvalue weighted by Crippen LogP contribution is -2.43. The molecule has 0 aromatic heterocycles. The molecule has 0 saturated carbocycles. The van der Waals surface area contributed by atoms with Gasteiger partial charge in [-0.2, -0.15) is 0 Å². The third-order valence-electron chi connectivity index (χ3n) is 4.27. The summed E-state index contributed by atoms with van der Waals surface area (Å²) >= 11 is 0. The van der Waals surface area contributed by atoms with E-state index in [4.69, 9.17) is 4.74 Å². The lowest BCUT2D eigenvalue weighted by atomic mass is 10.1. The fourth-order valence-corrected chi connectivity index (χ4v) is 4.60. The standard InChI is InChI=1S/C17H23NO6S/c1-23-15-5-3-13(4-6-15)11-16(19)18(9-7-17(20)24-2)14-8-10-25(21,22)12-14/h3-6,14H,7-12H2,1-2H3/t14-/m1/s1. The molecule has 0 bridgehead atoms. The zero-order valence-corrected chi connectivity index (χ0v) is 15.3. The summed E-state index contributed by atoms with van der Waals surface area (Å²) in [5, 5.41) is 0. The minimum absolute atomic E-state index is 0.0431. The molecular formula is C17H23NO6S. The number of ether oxygens (including phenoxy) is 2. The van der Waals surface area contributed by atoms with Crippen molar-refractivity contribution >= 4 is 21.7 Å². The van der Waals surface area contributed by atoms with Gasteiger partial charge in [-0.05, 0) is 24.1 Å². The van der Waals surface area contributed by atoms with E-state index in [1.165, 1.54) is 12.0 Å². The molecule has 1 aliphatic rings. The molecule has 2 rings (SSSR count). The maximum absolute atomic E-state index is 12.7. The van der Waals surface area contributed by atoms with Gasteiger partial charge in [-0.15, -0.1) is 0 Å². The first-order valence-electron chi connectivity index (χ1n) is 8.04. The van der Waals surface area contributed by atoms with Crippen LogP contribution >= 0.6 is 0 Å². The number of amides is 1. The molecular weight excluding hydrogens is 346 g/mol. The predicted molar refractivity (Wildman–Crippen MR) is 92.1 cm³/mol. The van der Waals surface area contributed by atoms with Crippen molar-refractivity contribution in [3.05, 3.63) is 29.8 Å². The Kier molecular flexibility index (Phi) is 6.41. The number of benzene rings is 1. The number of esters is 1. The highest BCUT2D eigenvalue weighted by Gasteiger charge is 2.34. The van der Waals surface area contributed by atoms with Crippen LogP contribution in [0.4, 0.5) is 0 Å². The largest absolute Gasteiger partial charge is 0.497 e. The van der Waals surface area contributed by atoms with E-state index in [0.29, 0.717) is 12.2 Å². The predicted octanol–water partition coefficient (Wildman–Crippen LogP) is 0.816. The fourth-order valence-electron chi connectivity index (χ4n) is 2.87. The van der Waals surface area contributed by atoms with Crippen molar-refractivity contribution in [2.75, 3.05) is 32.3 Å². The van der Waals surface area contributed by atoms with E-state index in [1.807, 2.05) is 0 Å². The molecule has 138 valence electrons. The molecule has 1 aromatic carbocycles. The number of hydrogen-bond acceptors (Lipinski definition) is 6. The van der Waals surface area contributed by atoms with Gasteiger partial charge in [0, 0.05) is 12.6 Å². The van der Waals surface area contributed by atoms with Crippen molar-refractivity contribution in [2.45, 2.75) is 25.3 Å². The number of methoxy groups -OCH3 is 2. The summed E-state index contributed by atoms with van der Waals surface area (Å²) in [6, 6.07) is 6.73. The van der Waals surface area contributed by atoms with Gasteiger partial charge < -0.3 is 14.4 Å². The molecule has 1 saturated heterocycles. The number of carbonyl (C=O) groups excluding carboxylic acids is 2. The molecule has 0 N–H and O–H groups in total. The highest BCUT2D eigenvalue weighted by atomic mass is 32.2. The van der Waals surface area contributed by atoms with Crippen molar-refractivity contribution in [1.29, 1.82) is 0 Å². The van der Waals surface area contributed by atoms with Crippen LogP contribution in [-0.2, 0) is 30.6 Å². The molecule has 1 aliphatic heterocycles. The number of rotatable bonds is 7. The normalized spacial score (nSPS) is 18.6. The van der Waals surface area contributed by atoms with E-state index in [2.05, 4.69) is 4.74 Å². The molecule has 0 aliphatic carbocycles. The topological polar surface area (TPSA) is 90.0 Å². The summed E-state index contributed by atoms with van der Waals surface area (Å²) in [7, 11) is -0.278. The summed E-state index contributed by atoms with van der Waals surface area (Å²) in [5.41, 5.74) is 0.801. The Hall–Kier alpha value is -2.09. The van der Waals surface area contributed by atoms with E-state index in [0.717, 1.165) is 5.56 Å². The SMILES string of the molecule is COC(=O)CCN(C(=O)Cc1ccc(OC)cc1)[C@@H]1CCS(=O)(=O)C1. The smallest absolute Gasteiger partial charge is 0.307 e. The summed E-state index contributed by atoms with van der Waals surface area (Å²) in [4.78, 5) is 25.6. The average molecular weight is 369 g/mol. The van der Waals surface area contributed by atoms with E-state index in [-0.39, 0.29) is 42.8 Å². The molecule has 1 aromatic rings. The van der Waals surface area contributed by atoms with Crippen LogP contribution in [0, 0.1) is 0 Å². The second kappa shape index (κ2) is 8.33. The minimum Gasteiger partial charge on any atom is -0.497 e. The van der Waals surface area contributed by atoms with Gasteiger partial charge in [0.2, 0.25) is 5.91 Å². The van der Waals surface area contributed by atoms with Gasteiger partial charge in [0.05, 0.1) is 38.6 Å². The van der Waals surface area contributed by atoms with Crippen molar-refractivity contribution in [3.8, 4) is 5.75 Å². The first-order chi connectivity index (χ1) is 11.8. The van der Waals surface area contributed by atoms with Gasteiger partial charge in [-0.3, -0.25) is 9.59 Å². The molecule has 1 heterocycles. The third-order valence-corrected chi connectivity index (χ3v) is 6.02. The monoisotopic (exact) mass is 369 g/mol. The van der Waals surface area contributed by atoms with E-state index in [1.54, 1.807) is 31.4 Å². The Morgan fingerprint density at radius 2 is 1.88 bits per heavy atom. The van der Waals surface area contributed by atoms with Crippen LogP contribution in [0.5, 0.6) is 5.75 Å². The van der Waals surface area contributed by atoms with Crippen molar-refractivity contribution in [3.63, 3.8) is 0 Å². The number of carbonyl (C=O) groups is 2. The maximum atomic E-state index is 12.7. The molecule has 1 atom stereocenters. The molecule has 0 spiro atoms. The fraction of sp³-hybridized carbons (Fsp3) is 0.529. The first-order valence-corrected chi connectivity index (χ1v) is 9.86. The quantitative estimate of drug-likeness (QED) is 0.661. The lowest BCUT2D eigenvalue weighted by molar-refractivity contribution is -0.142. The maximum Gasteiger partial charge on any atom is 0.307 e. The molecule has 7 nitrogen and oxygen atoms in total. The summed E-state index contributed by atoms with van der Waals surface area (Å²) in [6.45, 7) is 0.155. The van der Waals surface area contributed by atoms with Gasteiger partial charge in [0.15, 0.2) is 9.84 Å². The Morgan fingerprint density at radius 1 is 1.20 bits per heavy atom. The third kappa shape index (κ3) is 5.45. The van der Waals surface area contributed by atoms with E-state index in [9.17, 15) is 18.0 Å². The van der Waals surface area contributed by atoms with Crippen molar-refractivity contribution < 1.29 is 27.5 Å². The Balaban J connectivity index is 2.09. The van der Waals surface area contributed by atoms with Gasteiger partial charge >= 0.3 is 5.97 Å². The van der Waals surface area contributed by atoms with Gasteiger partial charge in [0.1, 0.15) is 5.75 Å². The summed E-state index contributed by atoms with van der Waals surface area (Å²) < 4.78 is 33.2. The second-order valence-electron chi connectivity index (χ2n) is 5.99. The van der Waals surface area contributed by atoms with Crippen LogP contribution in [0.2, 0.25) is 0 Å². The van der Waals surface area contributed by atoms with Gasteiger partial charge in [0.25, 0.3) is 0 Å². The van der Waals surface area contributed by atoms with Crippen LogP contribution in [0.1, 0.15) is 18.4 Å². The van der Waals surface area contributed by atoms with E-state index < -0.39 is 15.8 Å². The molecule has 1 fully saturated rings. The van der Waals surface area contributed by atoms with E-state index >= 15 is 0 Å². The number of sulfone groups is 1. The van der Waals surface area contributed by atoms with Crippen molar-refractivity contribution in [1.82, 2.24) is 4.90 Å². The molecule has 0 unspecified atom stereocenters. The second-order valence-corrected chi connectivity index (χ2v) is 8.22. The van der Waals surface area contributed by atoms with Gasteiger partial charge in [-0.25, -0.2) is 8.42 Å². The summed E-state index contributed by atoms with van der Waals surface area (Å²) in [6.07, 6.45) is 0.584. The molecule has 25 heavy (non-hydrogen) atoms. The lowest BCUT2D eigenvalue weighted by Gasteiger charge is -2.28. The zero-order chi connectivity index (χ0) is 18.4. The molecule has 8 heteroatoms. The Morgan fingerprint density at radius 3 is 2.40 bits per heavy atom. The van der Waals surface area contributed by atoms with Crippen LogP contribution in [0.3, 0.4) is 0 Å². The van der Waals surface area contributed by atoms with Crippen LogP contribution in [0.15, 0.2) is 24.3 Å². The van der Waals surface area contributed by atoms with Gasteiger partial charge in [-0.1, -0.05) is 12.1 Å². The van der Waals surface area contributed by atoms with Crippen molar-refractivity contribution in [2.24, 2.45) is 0 Å². The molecule has 0 radical (unpaired) electrons. The minimum atomic E-state index is -3.13. The van der Waals surface area contributed by atoms with Crippen LogP contribution < -0.4 is 4.74 Å². The van der Waals surface area contributed by atoms with Crippen LogP contribution in [-0.4, -0.2) is 63.5 Å². The zero-order valence-electron chi connectivity index (χ0n) is 14.4.